The van der Waals surface area contributed by atoms with E-state index in [1.165, 1.54) is 11.5 Å². The first-order valence-electron chi connectivity index (χ1n) is 3.74. The lowest BCUT2D eigenvalue weighted by Crippen LogP contribution is -2.05. The summed E-state index contributed by atoms with van der Waals surface area (Å²) in [5.41, 5.74) is 0.361. The minimum Gasteiger partial charge on any atom is -0.448 e. The second kappa shape index (κ2) is 4.63. The second-order valence-corrected chi connectivity index (χ2v) is 3.33. The van der Waals surface area contributed by atoms with Crippen LogP contribution < -0.4 is 0 Å². The number of aryl methyl sites for hydroxylation is 1. The van der Waals surface area contributed by atoms with Crippen molar-refractivity contribution < 1.29 is 9.53 Å². The molecule has 1 aromatic heterocycles. The van der Waals surface area contributed by atoms with Crippen LogP contribution in [0.15, 0.2) is 6.07 Å². The highest BCUT2D eigenvalue weighted by Crippen LogP contribution is 2.08. The van der Waals surface area contributed by atoms with E-state index in [1.54, 1.807) is 13.0 Å². The van der Waals surface area contributed by atoms with Gasteiger partial charge in [0.25, 0.3) is 0 Å². The van der Waals surface area contributed by atoms with Gasteiger partial charge >= 0.3 is 5.97 Å². The summed E-state index contributed by atoms with van der Waals surface area (Å²) in [6, 6.07) is 1.70. The van der Waals surface area contributed by atoms with Crippen LogP contribution >= 0.6 is 11.5 Å². The molecule has 4 heteroatoms. The van der Waals surface area contributed by atoms with Crippen molar-refractivity contribution in [3.05, 3.63) is 16.6 Å². The maximum Gasteiger partial charge on any atom is 0.359 e. The largest absolute Gasteiger partial charge is 0.448 e. The van der Waals surface area contributed by atoms with Gasteiger partial charge in [-0.2, -0.15) is 4.37 Å². The number of ether oxygens (including phenoxy) is 1. The van der Waals surface area contributed by atoms with Crippen molar-refractivity contribution in [2.24, 2.45) is 0 Å². The zero-order valence-electron chi connectivity index (χ0n) is 7.46. The molecule has 68 valence electrons. The van der Waals surface area contributed by atoms with Crippen molar-refractivity contribution in [3.63, 3.8) is 0 Å². The molecule has 0 spiro atoms. The van der Waals surface area contributed by atoms with Crippen LogP contribution in [-0.2, 0) is 4.74 Å². The molecule has 0 aliphatic carbocycles. The van der Waals surface area contributed by atoms with Crippen molar-refractivity contribution in [1.82, 2.24) is 4.37 Å². The molecule has 0 unspecified atom stereocenters. The fourth-order valence-corrected chi connectivity index (χ4v) is 1.24. The van der Waals surface area contributed by atoms with E-state index in [9.17, 15) is 4.79 Å². The summed E-state index contributed by atoms with van der Waals surface area (Å²) in [5.74, 6) is 4.86. The fraction of sp³-hybridized carbons (Fsp3) is 0.333. The Bertz CT molecular complexity index is 359. The average molecular weight is 195 g/mol. The molecule has 0 aliphatic heterocycles. The van der Waals surface area contributed by atoms with Gasteiger partial charge in [-0.15, -0.1) is 5.92 Å². The molecule has 0 aliphatic rings. The molecular weight excluding hydrogens is 186 g/mol. The first-order chi connectivity index (χ1) is 6.24. The van der Waals surface area contributed by atoms with Crippen LogP contribution in [-0.4, -0.2) is 16.9 Å². The smallest absolute Gasteiger partial charge is 0.359 e. The van der Waals surface area contributed by atoms with Crippen molar-refractivity contribution >= 4 is 17.5 Å². The number of hydrogen-bond acceptors (Lipinski definition) is 4. The van der Waals surface area contributed by atoms with Crippen LogP contribution in [0, 0.1) is 18.8 Å². The summed E-state index contributed by atoms with van der Waals surface area (Å²) in [7, 11) is 0. The first-order valence-corrected chi connectivity index (χ1v) is 4.51. The highest BCUT2D eigenvalue weighted by molar-refractivity contribution is 7.05. The molecule has 0 bridgehead atoms. The van der Waals surface area contributed by atoms with Crippen LogP contribution in [0.5, 0.6) is 0 Å². The maximum absolute atomic E-state index is 11.2. The Morgan fingerprint density at radius 2 is 2.54 bits per heavy atom. The summed E-state index contributed by atoms with van der Waals surface area (Å²) in [6.45, 7) is 3.72. The van der Waals surface area contributed by atoms with E-state index in [0.717, 1.165) is 4.88 Å². The number of esters is 1. The van der Waals surface area contributed by atoms with Gasteiger partial charge in [-0.05, 0) is 31.4 Å². The number of aromatic nitrogens is 1. The van der Waals surface area contributed by atoms with Crippen LogP contribution in [0.2, 0.25) is 0 Å². The molecule has 1 heterocycles. The number of nitrogens with zero attached hydrogens (tertiary/aromatic N) is 1. The number of rotatable bonds is 2. The van der Waals surface area contributed by atoms with E-state index in [2.05, 4.69) is 16.2 Å². The predicted octanol–water partition coefficient (Wildman–Crippen LogP) is 1.63. The lowest BCUT2D eigenvalue weighted by atomic mass is 10.4. The molecule has 0 atom stereocenters. The maximum atomic E-state index is 11.2. The lowest BCUT2D eigenvalue weighted by Gasteiger charge is -1.94. The summed E-state index contributed by atoms with van der Waals surface area (Å²) in [5, 5.41) is 0. The minimum absolute atomic E-state index is 0.131. The van der Waals surface area contributed by atoms with E-state index in [0.29, 0.717) is 5.69 Å². The van der Waals surface area contributed by atoms with Gasteiger partial charge in [0.15, 0.2) is 12.3 Å². The monoisotopic (exact) mass is 195 g/mol. The Hall–Kier alpha value is -1.34. The molecule has 0 radical (unpaired) electrons. The zero-order valence-corrected chi connectivity index (χ0v) is 8.27. The van der Waals surface area contributed by atoms with E-state index >= 15 is 0 Å². The highest BCUT2D eigenvalue weighted by atomic mass is 32.1. The van der Waals surface area contributed by atoms with Gasteiger partial charge in [-0.1, -0.05) is 5.92 Å². The van der Waals surface area contributed by atoms with Gasteiger partial charge in [0.05, 0.1) is 0 Å². The Morgan fingerprint density at radius 1 is 1.77 bits per heavy atom. The summed E-state index contributed by atoms with van der Waals surface area (Å²) in [4.78, 5) is 12.2. The molecular formula is C9H9NO2S. The molecule has 0 fully saturated rings. The van der Waals surface area contributed by atoms with Gasteiger partial charge in [-0.3, -0.25) is 0 Å². The van der Waals surface area contributed by atoms with E-state index in [-0.39, 0.29) is 6.61 Å². The van der Waals surface area contributed by atoms with Crippen LogP contribution in [0.4, 0.5) is 0 Å². The lowest BCUT2D eigenvalue weighted by molar-refractivity contribution is 0.0551. The Balaban J connectivity index is 2.52. The molecule has 3 nitrogen and oxygen atoms in total. The third kappa shape index (κ3) is 2.88. The van der Waals surface area contributed by atoms with Crippen LogP contribution in [0.3, 0.4) is 0 Å². The van der Waals surface area contributed by atoms with Crippen LogP contribution in [0.25, 0.3) is 0 Å². The van der Waals surface area contributed by atoms with Crippen LogP contribution in [0.1, 0.15) is 22.3 Å². The zero-order chi connectivity index (χ0) is 9.68. The Labute approximate surface area is 80.9 Å². The average Bonchev–Trinajstić information content (AvgIpc) is 2.52. The summed E-state index contributed by atoms with van der Waals surface area (Å²) in [6.07, 6.45) is 0. The Morgan fingerprint density at radius 3 is 3.08 bits per heavy atom. The molecule has 1 aromatic rings. The molecule has 0 N–H and O–H groups in total. The van der Waals surface area contributed by atoms with Crippen molar-refractivity contribution in [3.8, 4) is 11.8 Å². The normalized spacial score (nSPS) is 8.77. The minimum atomic E-state index is -0.410. The van der Waals surface area contributed by atoms with Crippen molar-refractivity contribution in [2.45, 2.75) is 13.8 Å². The van der Waals surface area contributed by atoms with Crippen molar-refractivity contribution in [2.75, 3.05) is 6.61 Å². The van der Waals surface area contributed by atoms with Gasteiger partial charge in [0, 0.05) is 4.88 Å². The molecule has 0 saturated carbocycles. The molecule has 1 rings (SSSR count). The summed E-state index contributed by atoms with van der Waals surface area (Å²) >= 11 is 1.29. The van der Waals surface area contributed by atoms with Crippen molar-refractivity contribution in [1.29, 1.82) is 0 Å². The molecule has 0 saturated heterocycles. The number of carbonyl (C=O) groups excluding carboxylic acids is 1. The van der Waals surface area contributed by atoms with E-state index < -0.39 is 5.97 Å². The standard InChI is InChI=1S/C9H9NO2S/c1-3-4-5-12-9(11)8-6-7(2)13-10-8/h6H,5H2,1-2H3. The third-order valence-electron chi connectivity index (χ3n) is 1.29. The molecule has 13 heavy (non-hydrogen) atoms. The predicted molar refractivity (Wildman–Crippen MR) is 50.6 cm³/mol. The topological polar surface area (TPSA) is 39.2 Å². The Kier molecular flexibility index (Phi) is 3.47. The second-order valence-electron chi connectivity index (χ2n) is 2.33. The first kappa shape index (κ1) is 9.75. The summed E-state index contributed by atoms with van der Waals surface area (Å²) < 4.78 is 8.73. The van der Waals surface area contributed by atoms with Gasteiger partial charge in [0.1, 0.15) is 0 Å². The number of carbonyl (C=O) groups is 1. The van der Waals surface area contributed by atoms with Gasteiger partial charge in [0.2, 0.25) is 0 Å². The molecule has 0 amide bonds. The SMILES string of the molecule is CC#CCOC(=O)c1cc(C)sn1. The van der Waals surface area contributed by atoms with Gasteiger partial charge < -0.3 is 4.74 Å². The van der Waals surface area contributed by atoms with Gasteiger partial charge in [-0.25, -0.2) is 4.79 Å². The number of hydrogen-bond donors (Lipinski definition) is 0. The highest BCUT2D eigenvalue weighted by Gasteiger charge is 2.09. The fourth-order valence-electron chi connectivity index (χ4n) is 0.710. The van der Waals surface area contributed by atoms with E-state index in [1.807, 2.05) is 6.92 Å². The van der Waals surface area contributed by atoms with E-state index in [4.69, 9.17) is 4.74 Å². The quantitative estimate of drug-likeness (QED) is 0.532. The molecule has 0 aromatic carbocycles. The third-order valence-corrected chi connectivity index (χ3v) is 1.98.